The number of esters is 1. The summed E-state index contributed by atoms with van der Waals surface area (Å²) < 4.78 is 7.26. The van der Waals surface area contributed by atoms with Crippen LogP contribution in [-0.4, -0.2) is 27.9 Å². The van der Waals surface area contributed by atoms with Gasteiger partial charge < -0.3 is 9.30 Å². The molecule has 0 N–H and O–H groups in total. The van der Waals surface area contributed by atoms with Gasteiger partial charge in [0.25, 0.3) is 0 Å². The largest absolute Gasteiger partial charge is 0.457 e. The van der Waals surface area contributed by atoms with Crippen LogP contribution in [0.1, 0.15) is 38.0 Å². The number of thiazole rings is 1. The molecular formula is C21H22N2O3S. The smallest absolute Gasteiger partial charge is 0.312 e. The van der Waals surface area contributed by atoms with E-state index in [2.05, 4.69) is 21.7 Å². The van der Waals surface area contributed by atoms with Crippen molar-refractivity contribution in [1.29, 1.82) is 0 Å². The van der Waals surface area contributed by atoms with E-state index in [1.807, 2.05) is 50.4 Å². The summed E-state index contributed by atoms with van der Waals surface area (Å²) in [6.45, 7) is 6.23. The number of benzene rings is 1. The van der Waals surface area contributed by atoms with E-state index in [4.69, 9.17) is 4.74 Å². The van der Waals surface area contributed by atoms with E-state index >= 15 is 0 Å². The summed E-state index contributed by atoms with van der Waals surface area (Å²) in [4.78, 5) is 28.7. The lowest BCUT2D eigenvalue weighted by Crippen LogP contribution is -2.16. The zero-order valence-electron chi connectivity index (χ0n) is 15.7. The first-order chi connectivity index (χ1) is 12.9. The first-order valence-electron chi connectivity index (χ1n) is 8.74. The Morgan fingerprint density at radius 3 is 2.56 bits per heavy atom. The average Bonchev–Trinajstić information content (AvgIpc) is 3.18. The lowest BCUT2D eigenvalue weighted by Gasteiger charge is -2.10. The molecule has 0 amide bonds. The van der Waals surface area contributed by atoms with Crippen LogP contribution in [0.2, 0.25) is 0 Å². The van der Waals surface area contributed by atoms with Crippen LogP contribution in [-0.2, 0) is 22.5 Å². The van der Waals surface area contributed by atoms with Gasteiger partial charge in [-0.2, -0.15) is 0 Å². The SMILES string of the molecule is Cc1nc(CC(=O)OCC(=O)c2cc(C)n(Cc3ccccc3)c2C)cs1. The van der Waals surface area contributed by atoms with Crippen LogP contribution in [0.15, 0.2) is 41.8 Å². The fourth-order valence-corrected chi connectivity index (χ4v) is 3.62. The van der Waals surface area contributed by atoms with Gasteiger partial charge >= 0.3 is 5.97 Å². The Morgan fingerprint density at radius 2 is 1.89 bits per heavy atom. The zero-order chi connectivity index (χ0) is 19.4. The summed E-state index contributed by atoms with van der Waals surface area (Å²) in [5.74, 6) is -0.628. The first-order valence-corrected chi connectivity index (χ1v) is 9.62. The average molecular weight is 382 g/mol. The molecule has 0 saturated carbocycles. The quantitative estimate of drug-likeness (QED) is 0.459. The van der Waals surface area contributed by atoms with Crippen LogP contribution in [0.3, 0.4) is 0 Å². The second kappa shape index (κ2) is 8.31. The fourth-order valence-electron chi connectivity index (χ4n) is 3.00. The molecule has 0 saturated heterocycles. The molecule has 27 heavy (non-hydrogen) atoms. The van der Waals surface area contributed by atoms with Gasteiger partial charge in [-0.1, -0.05) is 30.3 Å². The van der Waals surface area contributed by atoms with Crippen LogP contribution in [0.25, 0.3) is 0 Å². The summed E-state index contributed by atoms with van der Waals surface area (Å²) in [7, 11) is 0. The Labute approximate surface area is 162 Å². The van der Waals surface area contributed by atoms with Crippen LogP contribution < -0.4 is 0 Å². The minimum absolute atomic E-state index is 0.0879. The Kier molecular flexibility index (Phi) is 5.86. The van der Waals surface area contributed by atoms with Gasteiger partial charge in [0.05, 0.1) is 17.1 Å². The van der Waals surface area contributed by atoms with Crippen molar-refractivity contribution in [2.24, 2.45) is 0 Å². The van der Waals surface area contributed by atoms with Gasteiger partial charge in [0.15, 0.2) is 6.61 Å². The van der Waals surface area contributed by atoms with Crippen molar-refractivity contribution in [2.45, 2.75) is 33.7 Å². The van der Waals surface area contributed by atoms with Gasteiger partial charge in [-0.25, -0.2) is 4.98 Å². The molecule has 0 spiro atoms. The predicted molar refractivity (Wildman–Crippen MR) is 105 cm³/mol. The van der Waals surface area contributed by atoms with E-state index in [0.29, 0.717) is 17.8 Å². The molecular weight excluding hydrogens is 360 g/mol. The topological polar surface area (TPSA) is 61.2 Å². The highest BCUT2D eigenvalue weighted by molar-refractivity contribution is 7.09. The second-order valence-electron chi connectivity index (χ2n) is 6.48. The van der Waals surface area contributed by atoms with Crippen LogP contribution in [0.5, 0.6) is 0 Å². The minimum atomic E-state index is -0.438. The lowest BCUT2D eigenvalue weighted by molar-refractivity contribution is -0.141. The molecule has 6 heteroatoms. The number of hydrogen-bond acceptors (Lipinski definition) is 5. The number of aromatic nitrogens is 2. The summed E-state index contributed by atoms with van der Waals surface area (Å²) in [5, 5.41) is 2.73. The number of ether oxygens (including phenoxy) is 1. The molecule has 5 nitrogen and oxygen atoms in total. The minimum Gasteiger partial charge on any atom is -0.457 e. The molecule has 0 aliphatic carbocycles. The highest BCUT2D eigenvalue weighted by Crippen LogP contribution is 2.18. The maximum atomic E-state index is 12.5. The van der Waals surface area contributed by atoms with Crippen LogP contribution in [0, 0.1) is 20.8 Å². The van der Waals surface area contributed by atoms with Gasteiger partial charge in [0, 0.05) is 28.9 Å². The number of rotatable bonds is 7. The molecule has 0 fully saturated rings. The van der Waals surface area contributed by atoms with Crippen molar-refractivity contribution in [3.8, 4) is 0 Å². The van der Waals surface area contributed by atoms with Crippen molar-refractivity contribution < 1.29 is 14.3 Å². The van der Waals surface area contributed by atoms with Gasteiger partial charge in [0.1, 0.15) is 0 Å². The highest BCUT2D eigenvalue weighted by atomic mass is 32.1. The Hall–Kier alpha value is -2.73. The molecule has 0 unspecified atom stereocenters. The molecule has 0 radical (unpaired) electrons. The molecule has 1 aromatic carbocycles. The normalized spacial score (nSPS) is 10.8. The third-order valence-electron chi connectivity index (χ3n) is 4.41. The van der Waals surface area contributed by atoms with Gasteiger partial charge in [-0.15, -0.1) is 11.3 Å². The van der Waals surface area contributed by atoms with Gasteiger partial charge in [0.2, 0.25) is 5.78 Å². The van der Waals surface area contributed by atoms with E-state index in [1.165, 1.54) is 16.9 Å². The standard InChI is InChI=1S/C21H22N2O3S/c1-14-9-19(15(2)23(14)11-17-7-5-4-6-8-17)20(24)12-26-21(25)10-18-13-27-16(3)22-18/h4-9,13H,10-12H2,1-3H3. The van der Waals surface area contributed by atoms with Crippen molar-refractivity contribution in [3.63, 3.8) is 0 Å². The van der Waals surface area contributed by atoms with Gasteiger partial charge in [-0.3, -0.25) is 9.59 Å². The number of carbonyl (C=O) groups is 2. The highest BCUT2D eigenvalue weighted by Gasteiger charge is 2.18. The Morgan fingerprint density at radius 1 is 1.15 bits per heavy atom. The summed E-state index contributed by atoms with van der Waals surface area (Å²) in [6.07, 6.45) is 0.0879. The van der Waals surface area contributed by atoms with Crippen molar-refractivity contribution in [3.05, 3.63) is 75.0 Å². The maximum absolute atomic E-state index is 12.5. The molecule has 3 aromatic rings. The molecule has 0 aliphatic heterocycles. The second-order valence-corrected chi connectivity index (χ2v) is 7.54. The molecule has 0 atom stereocenters. The van der Waals surface area contributed by atoms with E-state index in [1.54, 1.807) is 0 Å². The van der Waals surface area contributed by atoms with Gasteiger partial charge in [-0.05, 0) is 32.4 Å². The Balaban J connectivity index is 1.63. The van der Waals surface area contributed by atoms with Crippen molar-refractivity contribution >= 4 is 23.1 Å². The summed E-state index contributed by atoms with van der Waals surface area (Å²) >= 11 is 1.49. The molecule has 0 bridgehead atoms. The fraction of sp³-hybridized carbons (Fsp3) is 0.286. The van der Waals surface area contributed by atoms with Crippen molar-refractivity contribution in [1.82, 2.24) is 9.55 Å². The number of carbonyl (C=O) groups excluding carboxylic acids is 2. The zero-order valence-corrected chi connectivity index (χ0v) is 16.5. The van der Waals surface area contributed by atoms with Crippen molar-refractivity contribution in [2.75, 3.05) is 6.61 Å². The van der Waals surface area contributed by atoms with E-state index in [-0.39, 0.29) is 18.8 Å². The number of ketones is 1. The number of aryl methyl sites for hydroxylation is 2. The Bertz CT molecular complexity index is 957. The number of hydrogen-bond donors (Lipinski definition) is 0. The van der Waals surface area contributed by atoms with E-state index in [9.17, 15) is 9.59 Å². The molecule has 140 valence electrons. The third kappa shape index (κ3) is 4.71. The molecule has 0 aliphatic rings. The summed E-state index contributed by atoms with van der Waals surface area (Å²) in [6, 6.07) is 12.0. The monoisotopic (exact) mass is 382 g/mol. The molecule has 3 rings (SSSR count). The maximum Gasteiger partial charge on any atom is 0.312 e. The number of nitrogens with zero attached hydrogens (tertiary/aromatic N) is 2. The number of Topliss-reactive ketones (excluding diaryl/α,β-unsaturated/α-hetero) is 1. The van der Waals surface area contributed by atoms with E-state index in [0.717, 1.165) is 16.4 Å². The molecule has 2 aromatic heterocycles. The summed E-state index contributed by atoms with van der Waals surface area (Å²) in [5.41, 5.74) is 4.33. The molecule has 2 heterocycles. The first kappa shape index (κ1) is 19.0. The van der Waals surface area contributed by atoms with E-state index < -0.39 is 5.97 Å². The third-order valence-corrected chi connectivity index (χ3v) is 5.24. The van der Waals surface area contributed by atoms with Crippen LogP contribution >= 0.6 is 11.3 Å². The van der Waals surface area contributed by atoms with Crippen LogP contribution in [0.4, 0.5) is 0 Å². The predicted octanol–water partition coefficient (Wildman–Crippen LogP) is 3.89. The lowest BCUT2D eigenvalue weighted by atomic mass is 10.1.